The topological polar surface area (TPSA) is 29.3 Å². The molecule has 0 aromatic carbocycles. The van der Waals surface area contributed by atoms with Gasteiger partial charge in [0, 0.05) is 25.7 Å². The van der Waals surface area contributed by atoms with Crippen molar-refractivity contribution in [3.8, 4) is 0 Å². The Bertz CT molecular complexity index is 163. The van der Waals surface area contributed by atoms with Crippen molar-refractivity contribution in [3.05, 3.63) is 11.6 Å². The molecule has 2 N–H and O–H groups in total. The third kappa shape index (κ3) is 2.95. The van der Waals surface area contributed by atoms with E-state index in [1.54, 1.807) is 0 Å². The first-order valence-corrected chi connectivity index (χ1v) is 4.86. The molecule has 0 aromatic rings. The second-order valence-corrected chi connectivity index (χ2v) is 3.74. The highest BCUT2D eigenvalue weighted by atomic mass is 15.2. The quantitative estimate of drug-likeness (QED) is 0.645. The summed E-state index contributed by atoms with van der Waals surface area (Å²) in [5, 5.41) is 0. The Balaban J connectivity index is 2.27. The fraction of sp³-hybridized carbons (Fsp3) is 0.800. The molecule has 0 spiro atoms. The lowest BCUT2D eigenvalue weighted by molar-refractivity contribution is 0.363. The van der Waals surface area contributed by atoms with E-state index in [0.717, 1.165) is 19.5 Å². The Kier molecular flexibility index (Phi) is 3.76. The Hall–Kier alpha value is -0.340. The minimum absolute atomic E-state index is 0.416. The van der Waals surface area contributed by atoms with Gasteiger partial charge in [-0.25, -0.2) is 0 Å². The van der Waals surface area contributed by atoms with Gasteiger partial charge < -0.3 is 5.73 Å². The molecule has 70 valence electrons. The maximum Gasteiger partial charge on any atom is 0.0190 e. The highest BCUT2D eigenvalue weighted by molar-refractivity contribution is 5.01. The second kappa shape index (κ2) is 4.63. The van der Waals surface area contributed by atoms with Gasteiger partial charge in [-0.3, -0.25) is 4.90 Å². The Morgan fingerprint density at radius 1 is 1.67 bits per heavy atom. The molecule has 2 heteroatoms. The summed E-state index contributed by atoms with van der Waals surface area (Å²) >= 11 is 0. The first-order valence-electron chi connectivity index (χ1n) is 4.86. The minimum atomic E-state index is 0.416. The average molecular weight is 168 g/mol. The van der Waals surface area contributed by atoms with E-state index < -0.39 is 0 Å². The molecule has 0 aliphatic carbocycles. The predicted octanol–water partition coefficient (Wildman–Crippen LogP) is 1.38. The van der Waals surface area contributed by atoms with Crippen molar-refractivity contribution in [2.24, 2.45) is 5.73 Å². The second-order valence-electron chi connectivity index (χ2n) is 3.74. The summed E-state index contributed by atoms with van der Waals surface area (Å²) in [6, 6.07) is 0.416. The molecule has 1 unspecified atom stereocenters. The molecule has 0 saturated carbocycles. The molecule has 1 fully saturated rings. The van der Waals surface area contributed by atoms with E-state index in [1.165, 1.54) is 18.5 Å². The number of likely N-dealkylation sites (tertiary alicyclic amines) is 1. The SMILES string of the molecule is CC/C=C(\C)CN1CCC(N)C1. The highest BCUT2D eigenvalue weighted by Crippen LogP contribution is 2.09. The highest BCUT2D eigenvalue weighted by Gasteiger charge is 2.18. The molecule has 1 rings (SSSR count). The average Bonchev–Trinajstić information content (AvgIpc) is 2.36. The number of nitrogens with zero attached hydrogens (tertiary/aromatic N) is 1. The van der Waals surface area contributed by atoms with Gasteiger partial charge >= 0.3 is 0 Å². The Morgan fingerprint density at radius 3 is 2.92 bits per heavy atom. The molecule has 1 heterocycles. The van der Waals surface area contributed by atoms with Crippen LogP contribution in [0.2, 0.25) is 0 Å². The predicted molar refractivity (Wildman–Crippen MR) is 53.1 cm³/mol. The van der Waals surface area contributed by atoms with Crippen LogP contribution in [0.4, 0.5) is 0 Å². The monoisotopic (exact) mass is 168 g/mol. The summed E-state index contributed by atoms with van der Waals surface area (Å²) < 4.78 is 0. The van der Waals surface area contributed by atoms with Crippen molar-refractivity contribution in [2.45, 2.75) is 32.7 Å². The first-order chi connectivity index (χ1) is 5.72. The lowest BCUT2D eigenvalue weighted by Gasteiger charge is -2.15. The summed E-state index contributed by atoms with van der Waals surface area (Å²) in [4.78, 5) is 2.44. The number of hydrogen-bond donors (Lipinski definition) is 1. The van der Waals surface area contributed by atoms with Gasteiger partial charge in [-0.15, -0.1) is 0 Å². The van der Waals surface area contributed by atoms with Crippen molar-refractivity contribution < 1.29 is 0 Å². The van der Waals surface area contributed by atoms with E-state index >= 15 is 0 Å². The number of allylic oxidation sites excluding steroid dienone is 1. The van der Waals surface area contributed by atoms with Crippen LogP contribution in [0.3, 0.4) is 0 Å². The van der Waals surface area contributed by atoms with Crippen LogP contribution in [0.25, 0.3) is 0 Å². The zero-order chi connectivity index (χ0) is 8.97. The lowest BCUT2D eigenvalue weighted by atomic mass is 10.2. The molecule has 1 atom stereocenters. The standard InChI is InChI=1S/C10H20N2/c1-3-4-9(2)7-12-6-5-10(11)8-12/h4,10H,3,5-8,11H2,1-2H3/b9-4+. The molecule has 1 aliphatic heterocycles. The van der Waals surface area contributed by atoms with Crippen LogP contribution < -0.4 is 5.73 Å². The van der Waals surface area contributed by atoms with Gasteiger partial charge in [-0.05, 0) is 19.8 Å². The molecule has 1 saturated heterocycles. The van der Waals surface area contributed by atoms with Crippen molar-refractivity contribution in [2.75, 3.05) is 19.6 Å². The van der Waals surface area contributed by atoms with Crippen LogP contribution in [0, 0.1) is 0 Å². The molecular formula is C10H20N2. The summed E-state index contributed by atoms with van der Waals surface area (Å²) in [6.07, 6.45) is 4.61. The summed E-state index contributed by atoms with van der Waals surface area (Å²) in [5.41, 5.74) is 7.29. The lowest BCUT2D eigenvalue weighted by Crippen LogP contribution is -2.27. The normalized spacial score (nSPS) is 26.6. The van der Waals surface area contributed by atoms with Gasteiger partial charge in [-0.1, -0.05) is 18.6 Å². The van der Waals surface area contributed by atoms with Crippen LogP contribution in [-0.2, 0) is 0 Å². The van der Waals surface area contributed by atoms with E-state index in [1.807, 2.05) is 0 Å². The minimum Gasteiger partial charge on any atom is -0.326 e. The van der Waals surface area contributed by atoms with E-state index in [9.17, 15) is 0 Å². The van der Waals surface area contributed by atoms with Crippen molar-refractivity contribution in [1.82, 2.24) is 4.90 Å². The van der Waals surface area contributed by atoms with Gasteiger partial charge in [0.15, 0.2) is 0 Å². The van der Waals surface area contributed by atoms with Crippen LogP contribution in [-0.4, -0.2) is 30.6 Å². The summed E-state index contributed by atoms with van der Waals surface area (Å²) in [6.45, 7) is 7.75. The smallest absolute Gasteiger partial charge is 0.0190 e. The zero-order valence-corrected chi connectivity index (χ0v) is 8.21. The van der Waals surface area contributed by atoms with E-state index in [2.05, 4.69) is 24.8 Å². The van der Waals surface area contributed by atoms with Crippen molar-refractivity contribution in [1.29, 1.82) is 0 Å². The van der Waals surface area contributed by atoms with Gasteiger partial charge in [0.2, 0.25) is 0 Å². The largest absolute Gasteiger partial charge is 0.326 e. The molecule has 0 amide bonds. The van der Waals surface area contributed by atoms with E-state index in [4.69, 9.17) is 5.73 Å². The maximum atomic E-state index is 5.81. The zero-order valence-electron chi connectivity index (χ0n) is 8.21. The fourth-order valence-electron chi connectivity index (χ4n) is 1.77. The molecule has 12 heavy (non-hydrogen) atoms. The van der Waals surface area contributed by atoms with Crippen molar-refractivity contribution >= 4 is 0 Å². The summed E-state index contributed by atoms with van der Waals surface area (Å²) in [5.74, 6) is 0. The molecule has 2 nitrogen and oxygen atoms in total. The van der Waals surface area contributed by atoms with E-state index in [0.29, 0.717) is 6.04 Å². The Morgan fingerprint density at radius 2 is 2.42 bits per heavy atom. The van der Waals surface area contributed by atoms with Crippen LogP contribution in [0.1, 0.15) is 26.7 Å². The maximum absolute atomic E-state index is 5.81. The molecular weight excluding hydrogens is 148 g/mol. The molecule has 0 radical (unpaired) electrons. The van der Waals surface area contributed by atoms with E-state index in [-0.39, 0.29) is 0 Å². The Labute approximate surface area is 75.4 Å². The van der Waals surface area contributed by atoms with Crippen LogP contribution in [0.5, 0.6) is 0 Å². The fourth-order valence-corrected chi connectivity index (χ4v) is 1.77. The third-order valence-electron chi connectivity index (χ3n) is 2.33. The first kappa shape index (κ1) is 9.75. The van der Waals surface area contributed by atoms with Gasteiger partial charge in [0.05, 0.1) is 0 Å². The van der Waals surface area contributed by atoms with Gasteiger partial charge in [0.1, 0.15) is 0 Å². The molecule has 1 aliphatic rings. The molecule has 0 aromatic heterocycles. The number of nitrogens with two attached hydrogens (primary N) is 1. The van der Waals surface area contributed by atoms with Gasteiger partial charge in [0.25, 0.3) is 0 Å². The van der Waals surface area contributed by atoms with Crippen LogP contribution >= 0.6 is 0 Å². The van der Waals surface area contributed by atoms with Crippen LogP contribution in [0.15, 0.2) is 11.6 Å². The van der Waals surface area contributed by atoms with Crippen molar-refractivity contribution in [3.63, 3.8) is 0 Å². The number of rotatable bonds is 3. The van der Waals surface area contributed by atoms with Gasteiger partial charge in [-0.2, -0.15) is 0 Å². The third-order valence-corrected chi connectivity index (χ3v) is 2.33. The molecule has 0 bridgehead atoms. The number of hydrogen-bond acceptors (Lipinski definition) is 2. The summed E-state index contributed by atoms with van der Waals surface area (Å²) in [7, 11) is 0.